The summed E-state index contributed by atoms with van der Waals surface area (Å²) in [4.78, 5) is 72.7. The molecule has 6 atom stereocenters. The molecule has 17 nitrogen and oxygen atoms in total. The molecule has 0 aliphatic rings. The van der Waals surface area contributed by atoms with E-state index in [4.69, 9.17) is 37.0 Å². The van der Waals surface area contributed by atoms with Crippen LogP contribution in [0.4, 0.5) is 0 Å². The summed E-state index contributed by atoms with van der Waals surface area (Å²) in [7, 11) is -9.91. The Morgan fingerprint density at radius 2 is 0.527 bits per heavy atom. The molecule has 0 spiro atoms. The normalized spacial score (nSPS) is 14.5. The van der Waals surface area contributed by atoms with Crippen molar-refractivity contribution in [3.63, 3.8) is 0 Å². The number of aliphatic hydroxyl groups excluding tert-OH is 1. The van der Waals surface area contributed by atoms with Gasteiger partial charge >= 0.3 is 39.5 Å². The average Bonchev–Trinajstić information content (AvgIpc) is 3.60. The fourth-order valence-electron chi connectivity index (χ4n) is 10.8. The van der Waals surface area contributed by atoms with E-state index in [1.807, 2.05) is 0 Å². The highest BCUT2D eigenvalue weighted by molar-refractivity contribution is 7.47. The van der Waals surface area contributed by atoms with Crippen molar-refractivity contribution in [2.45, 2.75) is 375 Å². The van der Waals surface area contributed by atoms with Gasteiger partial charge in [0.25, 0.3) is 0 Å². The molecule has 19 heteroatoms. The quantitative estimate of drug-likeness (QED) is 0.0222. The van der Waals surface area contributed by atoms with Crippen LogP contribution >= 0.6 is 15.6 Å². The van der Waals surface area contributed by atoms with Crippen molar-refractivity contribution in [1.29, 1.82) is 0 Å². The van der Waals surface area contributed by atoms with E-state index in [1.54, 1.807) is 0 Å². The molecule has 0 amide bonds. The Balaban J connectivity index is 5.27. The lowest BCUT2D eigenvalue weighted by atomic mass is 9.99. The SMILES string of the molecule is CCC(C)CCCCCCCCCCCCC(=O)O[C@H](COC(=O)CCCCCCCCCCC(C)C)COP(=O)(O)OCC(O)COP(=O)(O)OC[C@@H](COC(=O)CCCCCCCCCCCCC(C)C)OC(=O)CCCCCCCCCCCCC(C)C. The van der Waals surface area contributed by atoms with E-state index < -0.39 is 97.5 Å². The van der Waals surface area contributed by atoms with Crippen LogP contribution in [0.1, 0.15) is 357 Å². The predicted octanol–water partition coefficient (Wildman–Crippen LogP) is 20.5. The highest BCUT2D eigenvalue weighted by Gasteiger charge is 2.30. The molecule has 0 saturated heterocycles. The number of aliphatic hydroxyl groups is 1. The number of esters is 4. The number of phosphoric ester groups is 2. The van der Waals surface area contributed by atoms with Gasteiger partial charge in [-0.3, -0.25) is 37.3 Å². The third-order valence-electron chi connectivity index (χ3n) is 16.9. The van der Waals surface area contributed by atoms with Crippen molar-refractivity contribution in [1.82, 2.24) is 0 Å². The molecule has 540 valence electrons. The van der Waals surface area contributed by atoms with Gasteiger partial charge in [0.1, 0.15) is 19.3 Å². The average molecular weight is 1340 g/mol. The lowest BCUT2D eigenvalue weighted by molar-refractivity contribution is -0.161. The molecule has 0 radical (unpaired) electrons. The second-order valence-corrected chi connectivity index (χ2v) is 30.6. The second kappa shape index (κ2) is 61.6. The molecule has 0 aromatic heterocycles. The number of unbranched alkanes of at least 4 members (excludes halogenated alkanes) is 34. The summed E-state index contributed by atoms with van der Waals surface area (Å²) in [5.41, 5.74) is 0. The van der Waals surface area contributed by atoms with Gasteiger partial charge in [-0.2, -0.15) is 0 Å². The van der Waals surface area contributed by atoms with Crippen molar-refractivity contribution >= 4 is 39.5 Å². The van der Waals surface area contributed by atoms with Crippen LogP contribution in [0.3, 0.4) is 0 Å². The Morgan fingerprint density at radius 3 is 0.780 bits per heavy atom. The van der Waals surface area contributed by atoms with Gasteiger partial charge in [0.05, 0.1) is 26.4 Å². The first-order valence-electron chi connectivity index (χ1n) is 37.2. The molecule has 91 heavy (non-hydrogen) atoms. The van der Waals surface area contributed by atoms with Crippen molar-refractivity contribution in [3.05, 3.63) is 0 Å². The molecule has 0 aliphatic carbocycles. The van der Waals surface area contributed by atoms with Crippen LogP contribution in [0.5, 0.6) is 0 Å². The Labute approximate surface area is 556 Å². The second-order valence-electron chi connectivity index (χ2n) is 27.6. The van der Waals surface area contributed by atoms with E-state index in [0.717, 1.165) is 114 Å². The number of hydrogen-bond donors (Lipinski definition) is 3. The number of rotatable bonds is 69. The summed E-state index contributed by atoms with van der Waals surface area (Å²) in [6, 6.07) is 0. The van der Waals surface area contributed by atoms with Gasteiger partial charge in [-0.05, 0) is 49.4 Å². The van der Waals surface area contributed by atoms with Crippen LogP contribution < -0.4 is 0 Å². The smallest absolute Gasteiger partial charge is 0.462 e. The van der Waals surface area contributed by atoms with Crippen molar-refractivity contribution in [2.75, 3.05) is 39.6 Å². The highest BCUT2D eigenvalue weighted by Crippen LogP contribution is 2.45. The number of ether oxygens (including phenoxy) is 4. The molecule has 0 heterocycles. The zero-order valence-electron chi connectivity index (χ0n) is 59.5. The summed E-state index contributed by atoms with van der Waals surface area (Å²) in [6.07, 6.45) is 44.3. The third kappa shape index (κ3) is 65.1. The van der Waals surface area contributed by atoms with Gasteiger partial charge in [-0.1, -0.05) is 306 Å². The first-order valence-corrected chi connectivity index (χ1v) is 40.2. The van der Waals surface area contributed by atoms with Crippen LogP contribution in [0, 0.1) is 23.7 Å². The number of carbonyl (C=O) groups excluding carboxylic acids is 4. The topological polar surface area (TPSA) is 237 Å². The van der Waals surface area contributed by atoms with Gasteiger partial charge in [-0.25, -0.2) is 9.13 Å². The Kier molecular flexibility index (Phi) is 60.3. The largest absolute Gasteiger partial charge is 0.472 e. The van der Waals surface area contributed by atoms with Crippen molar-refractivity contribution in [3.8, 4) is 0 Å². The van der Waals surface area contributed by atoms with Crippen LogP contribution in [0.2, 0.25) is 0 Å². The van der Waals surface area contributed by atoms with Crippen molar-refractivity contribution < 1.29 is 80.2 Å². The Morgan fingerprint density at radius 1 is 0.308 bits per heavy atom. The van der Waals surface area contributed by atoms with Gasteiger partial charge in [0, 0.05) is 25.7 Å². The van der Waals surface area contributed by atoms with Crippen LogP contribution in [0.15, 0.2) is 0 Å². The standard InChI is InChI=1S/C72H140O17P2/c1-9-65(8)51-43-35-27-18-12-15-21-31-39-47-55-72(77)89-68(59-83-70(75)53-45-37-29-23-22-26-34-42-50-64(6)7)61-87-91(80,81)85-57-66(73)56-84-90(78,79)86-60-67(88-71(76)54-46-38-30-20-14-11-17-25-33-41-49-63(4)5)58-82-69(74)52-44-36-28-19-13-10-16-24-32-40-48-62(2)3/h62-68,73H,9-61H2,1-8H3,(H,78,79)(H,80,81)/t65?,66?,67-,68-/m1/s1. The zero-order valence-corrected chi connectivity index (χ0v) is 61.3. The van der Waals surface area contributed by atoms with E-state index in [-0.39, 0.29) is 25.7 Å². The minimum atomic E-state index is -4.95. The summed E-state index contributed by atoms with van der Waals surface area (Å²) < 4.78 is 68.4. The first-order chi connectivity index (χ1) is 43.6. The molecule has 0 bridgehead atoms. The number of hydrogen-bond acceptors (Lipinski definition) is 15. The monoisotopic (exact) mass is 1340 g/mol. The maximum absolute atomic E-state index is 13.0. The van der Waals surface area contributed by atoms with E-state index in [9.17, 15) is 43.2 Å². The molecule has 0 aromatic carbocycles. The van der Waals surface area contributed by atoms with Gasteiger partial charge in [-0.15, -0.1) is 0 Å². The maximum Gasteiger partial charge on any atom is 0.472 e. The fourth-order valence-corrected chi connectivity index (χ4v) is 12.4. The minimum Gasteiger partial charge on any atom is -0.462 e. The van der Waals surface area contributed by atoms with Crippen LogP contribution in [-0.2, 0) is 65.4 Å². The predicted molar refractivity (Wildman–Crippen MR) is 367 cm³/mol. The summed E-state index contributed by atoms with van der Waals surface area (Å²) in [5.74, 6) is 0.913. The number of phosphoric acid groups is 2. The Bertz CT molecular complexity index is 1800. The zero-order chi connectivity index (χ0) is 67.5. The molecule has 0 saturated carbocycles. The summed E-state index contributed by atoms with van der Waals surface area (Å²) >= 11 is 0. The molecular formula is C72H140O17P2. The molecule has 0 rings (SSSR count). The van der Waals surface area contributed by atoms with Gasteiger partial charge < -0.3 is 33.8 Å². The first kappa shape index (κ1) is 89.1. The Hall–Kier alpha value is -1.94. The van der Waals surface area contributed by atoms with E-state index in [0.29, 0.717) is 25.7 Å². The van der Waals surface area contributed by atoms with Crippen LogP contribution in [0.25, 0.3) is 0 Å². The van der Waals surface area contributed by atoms with Gasteiger partial charge in [0.15, 0.2) is 12.2 Å². The lowest BCUT2D eigenvalue weighted by Crippen LogP contribution is -2.30. The molecule has 0 aromatic rings. The molecular weight excluding hydrogens is 1200 g/mol. The number of carbonyl (C=O) groups is 4. The van der Waals surface area contributed by atoms with Gasteiger partial charge in [0.2, 0.25) is 0 Å². The van der Waals surface area contributed by atoms with E-state index in [2.05, 4.69) is 55.4 Å². The molecule has 0 fully saturated rings. The minimum absolute atomic E-state index is 0.105. The maximum atomic E-state index is 13.0. The highest BCUT2D eigenvalue weighted by atomic mass is 31.2. The van der Waals surface area contributed by atoms with Crippen LogP contribution in [-0.4, -0.2) is 96.7 Å². The lowest BCUT2D eigenvalue weighted by Gasteiger charge is -2.21. The van der Waals surface area contributed by atoms with E-state index >= 15 is 0 Å². The third-order valence-corrected chi connectivity index (χ3v) is 18.8. The molecule has 3 N–H and O–H groups in total. The summed E-state index contributed by atoms with van der Waals surface area (Å²) in [5, 5.41) is 10.6. The van der Waals surface area contributed by atoms with Crippen molar-refractivity contribution in [2.24, 2.45) is 23.7 Å². The fraction of sp³-hybridized carbons (Fsp3) is 0.944. The molecule has 0 aliphatic heterocycles. The molecule has 4 unspecified atom stereocenters. The van der Waals surface area contributed by atoms with E-state index in [1.165, 1.54) is 161 Å². The summed E-state index contributed by atoms with van der Waals surface area (Å²) in [6.45, 7) is 14.1.